The summed E-state index contributed by atoms with van der Waals surface area (Å²) >= 11 is 1.33. The molecule has 9 nitrogen and oxygen atoms in total. The van der Waals surface area contributed by atoms with Gasteiger partial charge in [-0.3, -0.25) is 14.5 Å². The number of rotatable bonds is 4. The second-order valence-electron chi connectivity index (χ2n) is 16.1. The van der Waals surface area contributed by atoms with Crippen LogP contribution in [0.2, 0.25) is 0 Å². The summed E-state index contributed by atoms with van der Waals surface area (Å²) < 4.78 is 3.63. The predicted molar refractivity (Wildman–Crippen MR) is 231 cm³/mol. The topological polar surface area (TPSA) is 135 Å². The van der Waals surface area contributed by atoms with Crippen molar-refractivity contribution >= 4 is 38.4 Å². The van der Waals surface area contributed by atoms with Gasteiger partial charge in [0.15, 0.2) is 0 Å². The molecule has 5 aromatic carbocycles. The second kappa shape index (κ2) is 17.0. The largest absolute Gasteiger partial charge is 0 e. The van der Waals surface area contributed by atoms with Crippen LogP contribution in [-0.2, 0) is 58.5 Å². The van der Waals surface area contributed by atoms with Crippen molar-refractivity contribution in [3.63, 3.8) is 0 Å². The molecule has 2 amide bonds. The van der Waals surface area contributed by atoms with E-state index in [9.17, 15) is 15.1 Å². The summed E-state index contributed by atoms with van der Waals surface area (Å²) in [5, 5.41) is 9.28. The maximum Gasteiger partial charge on any atom is 0 e. The van der Waals surface area contributed by atoms with Crippen LogP contribution in [0.4, 0.5) is 11.4 Å². The quantitative estimate of drug-likeness (QED) is 0.0571. The second-order valence-corrected chi connectivity index (χ2v) is 16.8. The molecule has 0 saturated heterocycles. The number of imide groups is 1. The zero-order chi connectivity index (χ0) is 43.0. The summed E-state index contributed by atoms with van der Waals surface area (Å²) in [6.45, 7) is 29.3. The van der Waals surface area contributed by atoms with Crippen LogP contribution in [0.3, 0.4) is 0 Å². The van der Waals surface area contributed by atoms with Gasteiger partial charge in [0.05, 0.1) is 11.1 Å². The van der Waals surface area contributed by atoms with Gasteiger partial charge in [0, 0.05) is 55.7 Å². The minimum Gasteiger partial charge on any atom is 0 e. The molecular formula is C48H49N7O2WY-2. The Labute approximate surface area is 383 Å². The van der Waals surface area contributed by atoms with Crippen LogP contribution in [0.15, 0.2) is 22.4 Å². The van der Waals surface area contributed by atoms with Gasteiger partial charge >= 0.3 is 215 Å². The molecule has 5 aromatic rings. The fraction of sp³-hybridized carbons (Fsp3) is 0.333. The van der Waals surface area contributed by atoms with Crippen molar-refractivity contribution in [1.29, 1.82) is 0 Å². The fourth-order valence-corrected chi connectivity index (χ4v) is 10.1. The zero-order valence-corrected chi connectivity index (χ0v) is 42.6. The molecule has 0 saturated carbocycles. The van der Waals surface area contributed by atoms with E-state index in [1.54, 1.807) is 0 Å². The molecule has 0 spiro atoms. The van der Waals surface area contributed by atoms with Gasteiger partial charge in [0.25, 0.3) is 11.8 Å². The van der Waals surface area contributed by atoms with Gasteiger partial charge in [-0.15, -0.1) is 0 Å². The molecule has 0 bridgehead atoms. The number of azide groups is 2. The number of fused-ring (bicyclic) bond motifs is 2. The number of aryl methyl sites for hydroxylation is 3. The first-order valence-electron chi connectivity index (χ1n) is 19.4. The Morgan fingerprint density at radius 2 is 1.07 bits per heavy atom. The third-order valence-electron chi connectivity index (χ3n) is 13.6. The van der Waals surface area contributed by atoms with E-state index in [0.29, 0.717) is 27.6 Å². The van der Waals surface area contributed by atoms with Gasteiger partial charge in [0.1, 0.15) is 0 Å². The monoisotopic (exact) mass is 1030 g/mol. The Morgan fingerprint density at radius 1 is 0.593 bits per heavy atom. The van der Waals surface area contributed by atoms with E-state index in [1.807, 2.05) is 34.6 Å². The molecule has 0 N–H and O–H groups in total. The van der Waals surface area contributed by atoms with Crippen LogP contribution in [0, 0.1) is 103 Å². The van der Waals surface area contributed by atoms with E-state index >= 15 is 0 Å². The molecule has 7 rings (SSSR count). The van der Waals surface area contributed by atoms with Crippen LogP contribution < -0.4 is 0 Å². The van der Waals surface area contributed by atoms with E-state index in [2.05, 4.69) is 98.9 Å². The molecule has 1 heterocycles. The van der Waals surface area contributed by atoms with Gasteiger partial charge in [-0.25, -0.2) is 0 Å². The molecule has 1 aliphatic heterocycles. The maximum absolute atomic E-state index is 12.8. The van der Waals surface area contributed by atoms with Crippen molar-refractivity contribution in [1.82, 2.24) is 4.90 Å². The van der Waals surface area contributed by atoms with Crippen LogP contribution in [-0.4, -0.2) is 28.2 Å². The molecule has 11 heteroatoms. The average Bonchev–Trinajstić information content (AvgIpc) is 3.19. The molecule has 2 aliphatic rings. The summed E-state index contributed by atoms with van der Waals surface area (Å²) in [5.41, 5.74) is 44.1. The van der Waals surface area contributed by atoms with Gasteiger partial charge < -0.3 is 0 Å². The molecular weight excluding hydrogens is 979 g/mol. The standard InChI is InChI=1S/C30H31N3.C18H18N4O2.W.Y/c1-14-11-26-24(20(7)16(14)3)13-25-23(10)30(32-33-31)15(2)12-27(25)29(26)28-21(8)18(5)17(4)19(6)22(28)9;1-7-8(2)12-15-13(9(7)3)17(23)22(6)18(24)14(15)10(4)11(5)16(12)20-21-19;;/h11-12H,13H2,1-8,10H3;1-6H3;;/q-2;;;. The Balaban J connectivity index is 0.000000233. The number of nitrogens with zero attached hydrogens (tertiary/aromatic N) is 7. The van der Waals surface area contributed by atoms with E-state index in [-0.39, 0.29) is 44.5 Å². The van der Waals surface area contributed by atoms with Gasteiger partial charge in [-0.05, 0) is 73.4 Å². The molecule has 0 aromatic heterocycles. The average molecular weight is 1030 g/mol. The summed E-state index contributed by atoms with van der Waals surface area (Å²) in [6.07, 6.45) is 0.851. The van der Waals surface area contributed by atoms with E-state index in [1.165, 1.54) is 110 Å². The normalized spacial score (nSPS) is 12.5. The maximum atomic E-state index is 12.8. The Bertz CT molecular complexity index is 2820. The Morgan fingerprint density at radius 3 is 1.61 bits per heavy atom. The van der Waals surface area contributed by atoms with Crippen LogP contribution in [0.5, 0.6) is 0 Å². The van der Waals surface area contributed by atoms with E-state index in [4.69, 9.17) is 5.53 Å². The van der Waals surface area contributed by atoms with E-state index in [0.717, 1.165) is 51.1 Å². The first-order chi connectivity index (χ1) is 27.3. The van der Waals surface area contributed by atoms with Crippen molar-refractivity contribution in [3.05, 3.63) is 161 Å². The molecule has 0 unspecified atom stereocenters. The summed E-state index contributed by atoms with van der Waals surface area (Å²) in [6, 6.07) is 4.63. The zero-order valence-electron chi connectivity index (χ0n) is 36.8. The smallest absolute Gasteiger partial charge is 0 e. The van der Waals surface area contributed by atoms with Crippen LogP contribution >= 0.6 is 0 Å². The Hall–Kier alpha value is -4.35. The molecule has 299 valence electrons. The number of benzene rings is 5. The molecule has 0 atom stereocenters. The van der Waals surface area contributed by atoms with Crippen molar-refractivity contribution < 1.29 is 61.7 Å². The number of carbonyl (C=O) groups excluding carboxylic acids is 2. The summed E-state index contributed by atoms with van der Waals surface area (Å²) in [5.74, 6) is 0.676. The summed E-state index contributed by atoms with van der Waals surface area (Å²) in [7, 11) is 1.50. The van der Waals surface area contributed by atoms with Gasteiger partial charge in [-0.2, -0.15) is 0 Å². The number of hydrogen-bond donors (Lipinski definition) is 0. The first-order valence-corrected chi connectivity index (χ1v) is 20.8. The molecule has 59 heavy (non-hydrogen) atoms. The molecule has 1 radical (unpaired) electrons. The number of carbonyl (C=O) groups is 2. The van der Waals surface area contributed by atoms with Gasteiger partial charge in [0.2, 0.25) is 0 Å². The van der Waals surface area contributed by atoms with Crippen molar-refractivity contribution in [2.24, 2.45) is 10.2 Å². The van der Waals surface area contributed by atoms with Crippen LogP contribution in [0.1, 0.15) is 132 Å². The van der Waals surface area contributed by atoms with Crippen molar-refractivity contribution in [3.8, 4) is 0 Å². The summed E-state index contributed by atoms with van der Waals surface area (Å²) in [4.78, 5) is 32.8. The van der Waals surface area contributed by atoms with Crippen molar-refractivity contribution in [2.45, 2.75) is 103 Å². The van der Waals surface area contributed by atoms with Crippen molar-refractivity contribution in [2.75, 3.05) is 7.05 Å². The first kappa shape index (κ1) is 45.7. The number of hydrogen-bond acceptors (Lipinski definition) is 4. The molecule has 1 aliphatic carbocycles. The molecule has 0 fully saturated rings. The van der Waals surface area contributed by atoms with Crippen LogP contribution in [0.25, 0.3) is 31.7 Å². The third kappa shape index (κ3) is 6.94. The fourth-order valence-electron chi connectivity index (χ4n) is 9.17. The van der Waals surface area contributed by atoms with E-state index < -0.39 is 0 Å². The minimum atomic E-state index is -0.312. The third-order valence-corrected chi connectivity index (χ3v) is 14.3. The minimum absolute atomic E-state index is 0. The SMILES string of the molecule is Cc1c(C)c2c3c(c(C)c(C)c(N=[N+]=[N-])c3c1C)C(=O)N(C)C2=O.Cc1cc2c(c(C)c1C)Cc1c(cc(C)c(N=[N+]=[N-])c1C)[C-]2c1c(C)c(C)c(C)c(C)c1[C-]=[W].[Y]. The Kier molecular flexibility index (Phi) is 13.1. The number of amides is 2. The van der Waals surface area contributed by atoms with Gasteiger partial charge in [-0.1, -0.05) is 5.11 Å². The predicted octanol–water partition coefficient (Wildman–Crippen LogP) is 12.4.